The predicted octanol–water partition coefficient (Wildman–Crippen LogP) is 7.49. The maximum absolute atomic E-state index is 15.0. The molecule has 3 fully saturated rings. The SMILES string of the molecule is CCc1cc(Nc2ncc(Br)c(Nc3ccc4nccnc4c3P(C)(C)=O)n2)c(OC)cc1N1CCC(NCCNCC2CC(c3ccc(C4CCC(=O)NC4=O)c(F)c3)C2)CC1. The lowest BCUT2D eigenvalue weighted by atomic mass is 9.71. The van der Waals surface area contributed by atoms with Crippen molar-refractivity contribution in [2.75, 3.05) is 68.7 Å². The van der Waals surface area contributed by atoms with Crippen molar-refractivity contribution in [1.29, 1.82) is 0 Å². The van der Waals surface area contributed by atoms with Crippen LogP contribution in [-0.2, 0) is 20.6 Å². The van der Waals surface area contributed by atoms with Gasteiger partial charge in [0.1, 0.15) is 30.0 Å². The second-order valence-electron chi connectivity index (χ2n) is 17.2. The molecule has 5 N–H and O–H groups in total. The lowest BCUT2D eigenvalue weighted by Crippen LogP contribution is -2.45. The minimum atomic E-state index is -2.77. The number of methoxy groups -OCH3 is 1. The number of nitrogens with one attached hydrogen (secondary N) is 5. The van der Waals surface area contributed by atoms with Gasteiger partial charge in [-0.1, -0.05) is 19.1 Å². The summed E-state index contributed by atoms with van der Waals surface area (Å²) in [6.45, 7) is 10.2. The van der Waals surface area contributed by atoms with Crippen molar-refractivity contribution in [3.8, 4) is 5.75 Å². The number of aromatic nitrogens is 4. The second kappa shape index (κ2) is 19.4. The van der Waals surface area contributed by atoms with Gasteiger partial charge in [0.2, 0.25) is 17.8 Å². The number of nitrogens with zero attached hydrogens (tertiary/aromatic N) is 5. The van der Waals surface area contributed by atoms with Gasteiger partial charge in [0, 0.05) is 74.5 Å². The number of aryl methyl sites for hydroxylation is 1. The third-order valence-electron chi connectivity index (χ3n) is 12.5. The normalized spacial score (nSPS) is 19.5. The maximum Gasteiger partial charge on any atom is 0.234 e. The number of rotatable bonds is 16. The average Bonchev–Trinajstić information content (AvgIpc) is 3.25. The predicted molar refractivity (Wildman–Crippen MR) is 250 cm³/mol. The van der Waals surface area contributed by atoms with Gasteiger partial charge in [0.25, 0.3) is 0 Å². The lowest BCUT2D eigenvalue weighted by molar-refractivity contribution is -0.134. The Morgan fingerprint density at radius 2 is 1.76 bits per heavy atom. The van der Waals surface area contributed by atoms with Crippen molar-refractivity contribution >= 4 is 80.1 Å². The molecule has 3 aromatic carbocycles. The van der Waals surface area contributed by atoms with Crippen molar-refractivity contribution in [3.05, 3.63) is 88.0 Å². The molecule has 1 aliphatic carbocycles. The Morgan fingerprint density at radius 3 is 2.49 bits per heavy atom. The number of halogens is 2. The summed E-state index contributed by atoms with van der Waals surface area (Å²) in [5.74, 6) is 0.792. The molecular formula is C46H55BrFN10O4P. The molecule has 8 rings (SSSR count). The zero-order chi connectivity index (χ0) is 44.3. The number of hydrogen-bond acceptors (Lipinski definition) is 13. The lowest BCUT2D eigenvalue weighted by Gasteiger charge is -2.36. The Hall–Kier alpha value is -5.02. The first-order valence-electron chi connectivity index (χ1n) is 21.8. The molecule has 4 heterocycles. The van der Waals surface area contributed by atoms with E-state index in [4.69, 9.17) is 9.72 Å². The van der Waals surface area contributed by atoms with Gasteiger partial charge in [0.05, 0.1) is 39.7 Å². The van der Waals surface area contributed by atoms with Crippen LogP contribution in [0.25, 0.3) is 11.0 Å². The number of carbonyl (C=O) groups is 2. The molecule has 5 aromatic rings. The van der Waals surface area contributed by atoms with Crippen molar-refractivity contribution < 1.29 is 23.3 Å². The second-order valence-corrected chi connectivity index (χ2v) is 21.2. The first kappa shape index (κ1) is 44.6. The Labute approximate surface area is 375 Å². The van der Waals surface area contributed by atoms with Gasteiger partial charge in [0.15, 0.2) is 0 Å². The first-order valence-corrected chi connectivity index (χ1v) is 25.2. The molecule has 2 aliphatic heterocycles. The number of hydrogen-bond donors (Lipinski definition) is 5. The Bertz CT molecular complexity index is 2550. The van der Waals surface area contributed by atoms with E-state index in [1.54, 1.807) is 51.2 Å². The molecule has 63 heavy (non-hydrogen) atoms. The molecule has 1 unspecified atom stereocenters. The van der Waals surface area contributed by atoms with E-state index in [9.17, 15) is 14.2 Å². The molecule has 3 aliphatic rings. The molecule has 2 saturated heterocycles. The van der Waals surface area contributed by atoms with E-state index in [0.717, 1.165) is 76.1 Å². The zero-order valence-electron chi connectivity index (χ0n) is 36.1. The van der Waals surface area contributed by atoms with E-state index < -0.39 is 19.0 Å². The molecule has 332 valence electrons. The van der Waals surface area contributed by atoms with Crippen LogP contribution in [-0.4, -0.2) is 91.0 Å². The molecule has 1 atom stereocenters. The van der Waals surface area contributed by atoms with E-state index in [2.05, 4.69) is 81.4 Å². The van der Waals surface area contributed by atoms with Crippen molar-refractivity contribution in [2.45, 2.75) is 69.7 Å². The van der Waals surface area contributed by atoms with Gasteiger partial charge in [-0.3, -0.25) is 24.9 Å². The zero-order valence-corrected chi connectivity index (χ0v) is 38.6. The van der Waals surface area contributed by atoms with Crippen LogP contribution < -0.4 is 41.5 Å². The highest BCUT2D eigenvalue weighted by Gasteiger charge is 2.33. The van der Waals surface area contributed by atoms with Gasteiger partial charge in [-0.05, 0) is 122 Å². The summed E-state index contributed by atoms with van der Waals surface area (Å²) in [5, 5.41) is 17.1. The Morgan fingerprint density at radius 1 is 0.968 bits per heavy atom. The van der Waals surface area contributed by atoms with Crippen molar-refractivity contribution in [3.63, 3.8) is 0 Å². The summed E-state index contributed by atoms with van der Waals surface area (Å²) >= 11 is 3.59. The fourth-order valence-corrected chi connectivity index (χ4v) is 10.8. The molecule has 0 bridgehead atoms. The van der Waals surface area contributed by atoms with E-state index in [0.29, 0.717) is 73.9 Å². The molecule has 1 saturated carbocycles. The van der Waals surface area contributed by atoms with E-state index in [1.165, 1.54) is 11.3 Å². The molecule has 0 radical (unpaired) electrons. The number of ether oxygens (including phenoxy) is 1. The highest BCUT2D eigenvalue weighted by Crippen LogP contribution is 2.43. The Kier molecular flexibility index (Phi) is 13.7. The molecule has 2 aromatic heterocycles. The number of carbonyl (C=O) groups excluding carboxylic acids is 2. The van der Waals surface area contributed by atoms with Crippen LogP contribution in [0.5, 0.6) is 5.75 Å². The minimum absolute atomic E-state index is 0.237. The van der Waals surface area contributed by atoms with Crippen molar-refractivity contribution in [1.82, 2.24) is 35.9 Å². The van der Waals surface area contributed by atoms with Crippen LogP contribution >= 0.6 is 23.1 Å². The van der Waals surface area contributed by atoms with Crippen LogP contribution in [0.4, 0.5) is 33.2 Å². The summed E-state index contributed by atoms with van der Waals surface area (Å²) in [6, 6.07) is 13.7. The molecule has 17 heteroatoms. The average molecular weight is 942 g/mol. The van der Waals surface area contributed by atoms with Gasteiger partial charge in [-0.2, -0.15) is 4.98 Å². The number of fused-ring (bicyclic) bond motifs is 1. The fourth-order valence-electron chi connectivity index (χ4n) is 9.13. The van der Waals surface area contributed by atoms with Crippen LogP contribution in [0.1, 0.15) is 74.0 Å². The quantitative estimate of drug-likeness (QED) is 0.0374. The third kappa shape index (κ3) is 10.2. The number of benzene rings is 3. The third-order valence-corrected chi connectivity index (χ3v) is 14.6. The largest absolute Gasteiger partial charge is 0.494 e. The topological polar surface area (TPSA) is 175 Å². The summed E-state index contributed by atoms with van der Waals surface area (Å²) in [5.41, 5.74) is 6.40. The van der Waals surface area contributed by atoms with Gasteiger partial charge >= 0.3 is 0 Å². The van der Waals surface area contributed by atoms with Crippen LogP contribution in [0.3, 0.4) is 0 Å². The van der Waals surface area contributed by atoms with E-state index >= 15 is 4.39 Å². The van der Waals surface area contributed by atoms with Crippen LogP contribution in [0.2, 0.25) is 0 Å². The monoisotopic (exact) mass is 940 g/mol. The molecule has 14 nitrogen and oxygen atoms in total. The number of amides is 2. The molecule has 2 amide bonds. The fraction of sp³-hybridized carbons (Fsp3) is 0.435. The molecule has 0 spiro atoms. The highest BCUT2D eigenvalue weighted by molar-refractivity contribution is 9.10. The highest BCUT2D eigenvalue weighted by atomic mass is 79.9. The van der Waals surface area contributed by atoms with Crippen LogP contribution in [0, 0.1) is 11.7 Å². The number of piperidine rings is 2. The minimum Gasteiger partial charge on any atom is -0.494 e. The van der Waals surface area contributed by atoms with Crippen molar-refractivity contribution in [2.24, 2.45) is 5.92 Å². The maximum atomic E-state index is 15.0. The standard InChI is InChI=1S/C46H55BrFN10O4P/c1-5-28-23-38(55-46-53-26-34(47)44(57-46)54-37-10-9-36-42(52-17-16-51-36)43(37)63(3,4)61)40(62-2)24-39(28)58-18-12-31(13-19-58)50-15-14-49-25-27-20-30(21-27)29-6-7-32(35(48)22-29)33-8-11-41(59)56-45(33)60/h6-7,9-10,16-17,22-24,26-27,30-31,33,49-50H,5,8,11-15,18-21,25H2,1-4H3,(H,56,59,60)(H2,53,54,55,57). The summed E-state index contributed by atoms with van der Waals surface area (Å²) in [7, 11) is -1.10. The van der Waals surface area contributed by atoms with Gasteiger partial charge in [-0.25, -0.2) is 9.37 Å². The number of imide groups is 1. The van der Waals surface area contributed by atoms with E-state index in [-0.39, 0.29) is 18.1 Å². The smallest absolute Gasteiger partial charge is 0.234 e. The summed E-state index contributed by atoms with van der Waals surface area (Å²) in [6.07, 6.45) is 10.4. The van der Waals surface area contributed by atoms with E-state index in [1.807, 2.05) is 18.2 Å². The van der Waals surface area contributed by atoms with Crippen LogP contribution in [0.15, 0.2) is 65.5 Å². The Balaban J connectivity index is 0.805. The van der Waals surface area contributed by atoms with Gasteiger partial charge < -0.3 is 35.5 Å². The summed E-state index contributed by atoms with van der Waals surface area (Å²) in [4.78, 5) is 44.4. The summed E-state index contributed by atoms with van der Waals surface area (Å²) < 4.78 is 35.1. The first-order chi connectivity index (χ1) is 30.4. The number of anilines is 5. The van der Waals surface area contributed by atoms with Gasteiger partial charge in [-0.15, -0.1) is 0 Å². The molecular weight excluding hydrogens is 886 g/mol.